The number of aliphatic hydroxyl groups is 1. The molecule has 1 N–H and O–H groups in total. The van der Waals surface area contributed by atoms with Gasteiger partial charge in [0.15, 0.2) is 0 Å². The minimum Gasteiger partial charge on any atom is -0.496 e. The number of hydrogen-bond donors (Lipinski definition) is 1. The van der Waals surface area contributed by atoms with Crippen molar-refractivity contribution < 1.29 is 14.6 Å². The van der Waals surface area contributed by atoms with Gasteiger partial charge in [0.25, 0.3) is 0 Å². The van der Waals surface area contributed by atoms with Gasteiger partial charge >= 0.3 is 0 Å². The van der Waals surface area contributed by atoms with E-state index < -0.39 is 5.60 Å². The van der Waals surface area contributed by atoms with Crippen LogP contribution in [0, 0.1) is 11.8 Å². The van der Waals surface area contributed by atoms with Crippen molar-refractivity contribution in [3.05, 3.63) is 41.0 Å². The molecule has 0 radical (unpaired) electrons. The molecule has 0 unspecified atom stereocenters. The first-order valence-electron chi connectivity index (χ1n) is 6.79. The average Bonchev–Trinajstić information content (AvgIpc) is 2.78. The summed E-state index contributed by atoms with van der Waals surface area (Å²) in [5.74, 6) is 1.66. The van der Waals surface area contributed by atoms with Crippen LogP contribution in [-0.2, 0) is 4.74 Å². The van der Waals surface area contributed by atoms with E-state index >= 15 is 0 Å². The second-order valence-electron chi connectivity index (χ2n) is 6.22. The first-order chi connectivity index (χ1) is 9.02. The van der Waals surface area contributed by atoms with E-state index in [0.29, 0.717) is 11.8 Å². The lowest BCUT2D eigenvalue weighted by molar-refractivity contribution is 0.0543. The smallest absolute Gasteiger partial charge is 0.125 e. The van der Waals surface area contributed by atoms with Gasteiger partial charge in [-0.05, 0) is 31.1 Å². The normalized spacial score (nSPS) is 34.4. The Morgan fingerprint density at radius 3 is 2.74 bits per heavy atom. The quantitative estimate of drug-likeness (QED) is 0.829. The highest BCUT2D eigenvalue weighted by Crippen LogP contribution is 2.66. The summed E-state index contributed by atoms with van der Waals surface area (Å²) in [7, 11) is 1.71. The Morgan fingerprint density at radius 1 is 1.26 bits per heavy atom. The van der Waals surface area contributed by atoms with E-state index in [4.69, 9.17) is 9.47 Å². The molecule has 1 saturated heterocycles. The van der Waals surface area contributed by atoms with Crippen LogP contribution in [0.25, 0.3) is 0 Å². The molecule has 0 aromatic heterocycles. The molecule has 2 heterocycles. The molecule has 3 heteroatoms. The van der Waals surface area contributed by atoms with Gasteiger partial charge in [0, 0.05) is 17.4 Å². The molecule has 0 spiro atoms. The molecule has 2 aliphatic heterocycles. The zero-order valence-electron chi connectivity index (χ0n) is 11.4. The maximum atomic E-state index is 10.2. The second-order valence-corrected chi connectivity index (χ2v) is 6.22. The Morgan fingerprint density at radius 2 is 2.05 bits per heavy atom. The van der Waals surface area contributed by atoms with Gasteiger partial charge in [-0.1, -0.05) is 18.2 Å². The fourth-order valence-corrected chi connectivity index (χ4v) is 3.92. The molecule has 1 aromatic carbocycles. The Kier molecular flexibility index (Phi) is 2.06. The van der Waals surface area contributed by atoms with Crippen LogP contribution in [-0.4, -0.2) is 17.8 Å². The molecule has 19 heavy (non-hydrogen) atoms. The third kappa shape index (κ3) is 1.30. The Hall–Kier alpha value is -1.32. The maximum absolute atomic E-state index is 10.2. The molecule has 3 aliphatic rings. The van der Waals surface area contributed by atoms with Crippen LogP contribution in [0.3, 0.4) is 0 Å². The maximum Gasteiger partial charge on any atom is 0.125 e. The minimum atomic E-state index is -0.742. The molecule has 1 aromatic rings. The van der Waals surface area contributed by atoms with Crippen molar-refractivity contribution in [2.45, 2.75) is 31.7 Å². The van der Waals surface area contributed by atoms with Gasteiger partial charge in [0.1, 0.15) is 5.75 Å². The third-order valence-corrected chi connectivity index (χ3v) is 4.73. The monoisotopic (exact) mass is 258 g/mol. The summed E-state index contributed by atoms with van der Waals surface area (Å²) in [6, 6.07) is 6.14. The Balaban J connectivity index is 1.79. The Bertz CT molecular complexity index is 582. The highest BCUT2D eigenvalue weighted by molar-refractivity contribution is 5.53. The van der Waals surface area contributed by atoms with E-state index in [-0.39, 0.29) is 12.2 Å². The van der Waals surface area contributed by atoms with Gasteiger partial charge in [-0.15, -0.1) is 0 Å². The van der Waals surface area contributed by atoms with Crippen LogP contribution < -0.4 is 4.74 Å². The predicted molar refractivity (Wildman–Crippen MR) is 70.9 cm³/mol. The minimum absolute atomic E-state index is 0.0894. The lowest BCUT2D eigenvalue weighted by Crippen LogP contribution is -2.40. The molecule has 1 aliphatic carbocycles. The van der Waals surface area contributed by atoms with Gasteiger partial charge < -0.3 is 14.6 Å². The van der Waals surface area contributed by atoms with Crippen molar-refractivity contribution in [2.24, 2.45) is 11.8 Å². The molecule has 100 valence electrons. The standard InChI is InChI=1S/C16H18O3/c1-16(2,17)10-7-9-12(10)14-8-5-4-6-11(18-3)13(8)15(9)19-14/h4-7,9,12,14-15,17H,1-3H3/t9-,12-,14-,15-/m0/s1. The number of benzene rings is 1. The molecule has 0 amide bonds. The summed E-state index contributed by atoms with van der Waals surface area (Å²) in [6.07, 6.45) is 2.38. The van der Waals surface area contributed by atoms with Gasteiger partial charge in [-0.25, -0.2) is 0 Å². The summed E-state index contributed by atoms with van der Waals surface area (Å²) < 4.78 is 11.6. The number of hydrogen-bond acceptors (Lipinski definition) is 3. The molecule has 0 saturated carbocycles. The molecule has 4 rings (SSSR count). The van der Waals surface area contributed by atoms with E-state index in [1.807, 2.05) is 26.0 Å². The summed E-state index contributed by atoms with van der Waals surface area (Å²) >= 11 is 0. The van der Waals surface area contributed by atoms with Crippen LogP contribution >= 0.6 is 0 Å². The largest absolute Gasteiger partial charge is 0.496 e. The van der Waals surface area contributed by atoms with Crippen LogP contribution in [0.2, 0.25) is 0 Å². The summed E-state index contributed by atoms with van der Waals surface area (Å²) in [5.41, 5.74) is 2.83. The highest BCUT2D eigenvalue weighted by Gasteiger charge is 2.59. The fourth-order valence-electron chi connectivity index (χ4n) is 3.92. The molecule has 4 atom stereocenters. The van der Waals surface area contributed by atoms with Crippen molar-refractivity contribution >= 4 is 0 Å². The first kappa shape index (κ1) is 11.5. The van der Waals surface area contributed by atoms with E-state index in [1.54, 1.807) is 7.11 Å². The Labute approximate surface area is 112 Å². The van der Waals surface area contributed by atoms with Crippen molar-refractivity contribution in [3.63, 3.8) is 0 Å². The number of rotatable bonds is 2. The third-order valence-electron chi connectivity index (χ3n) is 4.73. The summed E-state index contributed by atoms with van der Waals surface area (Å²) in [4.78, 5) is 0. The van der Waals surface area contributed by atoms with Gasteiger partial charge in [-0.2, -0.15) is 0 Å². The SMILES string of the molecule is COc1cccc2c1[C@H]1O[C@@H]2[C@@H]2C(C(C)(C)O)=C[C@@H]21. The topological polar surface area (TPSA) is 38.7 Å². The summed E-state index contributed by atoms with van der Waals surface area (Å²) in [6.45, 7) is 3.71. The molecular formula is C16H18O3. The average molecular weight is 258 g/mol. The predicted octanol–water partition coefficient (Wildman–Crippen LogP) is 2.76. The van der Waals surface area contributed by atoms with Gasteiger partial charge in [-0.3, -0.25) is 0 Å². The zero-order chi connectivity index (χ0) is 13.4. The first-order valence-corrected chi connectivity index (χ1v) is 6.79. The number of ether oxygens (including phenoxy) is 2. The van der Waals surface area contributed by atoms with Crippen LogP contribution in [0.4, 0.5) is 0 Å². The van der Waals surface area contributed by atoms with E-state index in [0.717, 1.165) is 11.3 Å². The molecule has 2 bridgehead atoms. The zero-order valence-corrected chi connectivity index (χ0v) is 11.4. The van der Waals surface area contributed by atoms with Crippen LogP contribution in [0.5, 0.6) is 5.75 Å². The molecule has 1 fully saturated rings. The van der Waals surface area contributed by atoms with Crippen molar-refractivity contribution in [1.29, 1.82) is 0 Å². The summed E-state index contributed by atoms with van der Waals surface area (Å²) in [5, 5.41) is 10.2. The van der Waals surface area contributed by atoms with E-state index in [9.17, 15) is 5.11 Å². The van der Waals surface area contributed by atoms with Crippen molar-refractivity contribution in [2.75, 3.05) is 7.11 Å². The van der Waals surface area contributed by atoms with Crippen molar-refractivity contribution in [3.8, 4) is 5.75 Å². The molecule has 3 nitrogen and oxygen atoms in total. The van der Waals surface area contributed by atoms with Crippen LogP contribution in [0.15, 0.2) is 29.8 Å². The van der Waals surface area contributed by atoms with Crippen molar-refractivity contribution in [1.82, 2.24) is 0 Å². The van der Waals surface area contributed by atoms with Gasteiger partial charge in [0.05, 0.1) is 24.9 Å². The second kappa shape index (κ2) is 3.41. The highest BCUT2D eigenvalue weighted by atomic mass is 16.5. The molecular weight excluding hydrogens is 240 g/mol. The number of methoxy groups -OCH3 is 1. The van der Waals surface area contributed by atoms with Crippen LogP contribution in [0.1, 0.15) is 37.2 Å². The van der Waals surface area contributed by atoms with E-state index in [2.05, 4.69) is 12.1 Å². The van der Waals surface area contributed by atoms with Gasteiger partial charge in [0.2, 0.25) is 0 Å². The number of fused-ring (bicyclic) bond motifs is 8. The fraction of sp³-hybridized carbons (Fsp3) is 0.500. The lowest BCUT2D eigenvalue weighted by Gasteiger charge is -2.42. The van der Waals surface area contributed by atoms with E-state index in [1.165, 1.54) is 11.1 Å². The lowest BCUT2D eigenvalue weighted by atomic mass is 9.61.